The molecule has 0 aromatic heterocycles. The normalized spacial score (nSPS) is 12.4. The molecule has 0 aliphatic heterocycles. The van der Waals surface area contributed by atoms with E-state index >= 15 is 0 Å². The molecule has 298 valence electrons. The van der Waals surface area contributed by atoms with Gasteiger partial charge in [0, 0.05) is 30.1 Å². The maximum absolute atomic E-state index is 13.6. The minimum absolute atomic E-state index is 0.0464. The van der Waals surface area contributed by atoms with Gasteiger partial charge in [-0.1, -0.05) is 17.2 Å². The predicted octanol–water partition coefficient (Wildman–Crippen LogP) is 3.26. The van der Waals surface area contributed by atoms with Crippen molar-refractivity contribution in [3.63, 3.8) is 0 Å². The van der Waals surface area contributed by atoms with Gasteiger partial charge in [-0.05, 0) is 84.0 Å². The highest BCUT2D eigenvalue weighted by molar-refractivity contribution is 6.00. The summed E-state index contributed by atoms with van der Waals surface area (Å²) in [6.07, 6.45) is -0.136. The molecule has 18 heteroatoms. The molecule has 0 spiro atoms. The zero-order valence-corrected chi connectivity index (χ0v) is 31.7. The fraction of sp³-hybridized carbons (Fsp3) is 0.686. The summed E-state index contributed by atoms with van der Waals surface area (Å²) in [5.41, 5.74) is 7.73. The van der Waals surface area contributed by atoms with E-state index in [-0.39, 0.29) is 52.4 Å². The minimum Gasteiger partial charge on any atom is -0.460 e. The Balaban J connectivity index is 2.88. The molecule has 1 rings (SSSR count). The van der Waals surface area contributed by atoms with Gasteiger partial charge < -0.3 is 50.1 Å². The maximum Gasteiger partial charge on any atom is 0.407 e. The van der Waals surface area contributed by atoms with Crippen molar-refractivity contribution < 1.29 is 52.8 Å². The van der Waals surface area contributed by atoms with E-state index in [4.69, 9.17) is 29.2 Å². The van der Waals surface area contributed by atoms with Gasteiger partial charge in [0.25, 0.3) is 0 Å². The third-order valence-electron chi connectivity index (χ3n) is 6.68. The average Bonchev–Trinajstić information content (AvgIpc) is 3.06. The number of aliphatic hydroxyl groups is 1. The summed E-state index contributed by atoms with van der Waals surface area (Å²) in [6.45, 7) is 12.0. The Bertz CT molecular complexity index is 1320. The van der Waals surface area contributed by atoms with Gasteiger partial charge in [0.2, 0.25) is 17.7 Å². The number of unbranched alkanes of at least 4 members (excludes halogenated alkanes) is 1. The van der Waals surface area contributed by atoms with E-state index in [1.165, 1.54) is 0 Å². The van der Waals surface area contributed by atoms with Gasteiger partial charge >= 0.3 is 12.1 Å². The van der Waals surface area contributed by atoms with Crippen molar-refractivity contribution in [2.45, 2.75) is 104 Å². The number of azide groups is 1. The highest BCUT2D eigenvalue weighted by Crippen LogP contribution is 2.14. The minimum atomic E-state index is -1.36. The van der Waals surface area contributed by atoms with E-state index in [1.54, 1.807) is 65.8 Å². The molecule has 1 aromatic carbocycles. The van der Waals surface area contributed by atoms with Crippen LogP contribution < -0.4 is 21.3 Å². The Morgan fingerprint density at radius 3 is 1.98 bits per heavy atom. The van der Waals surface area contributed by atoms with E-state index in [9.17, 15) is 29.1 Å². The molecule has 2 atom stereocenters. The number of hydrogen-bond donors (Lipinski definition) is 5. The number of carbonyl (C=O) groups is 5. The fourth-order valence-corrected chi connectivity index (χ4v) is 4.32. The highest BCUT2D eigenvalue weighted by Gasteiger charge is 2.30. The monoisotopic (exact) mass is 751 g/mol. The number of benzene rings is 1. The first kappa shape index (κ1) is 46.5. The van der Waals surface area contributed by atoms with E-state index in [2.05, 4.69) is 31.3 Å². The van der Waals surface area contributed by atoms with Crippen LogP contribution in [0.2, 0.25) is 0 Å². The molecule has 18 nitrogen and oxygen atoms in total. The van der Waals surface area contributed by atoms with E-state index in [0.29, 0.717) is 43.9 Å². The van der Waals surface area contributed by atoms with Gasteiger partial charge in [-0.2, -0.15) is 0 Å². The summed E-state index contributed by atoms with van der Waals surface area (Å²) in [7, 11) is 0. The summed E-state index contributed by atoms with van der Waals surface area (Å²) in [6, 6.07) is 3.92. The van der Waals surface area contributed by atoms with Crippen LogP contribution in [-0.2, 0) is 49.5 Å². The van der Waals surface area contributed by atoms with Gasteiger partial charge in [0.05, 0.1) is 52.7 Å². The summed E-state index contributed by atoms with van der Waals surface area (Å²) >= 11 is 0. The topological polar surface area (TPSA) is 249 Å². The fourth-order valence-electron chi connectivity index (χ4n) is 4.32. The molecule has 0 heterocycles. The molecular weight excluding hydrogens is 694 g/mol. The lowest BCUT2D eigenvalue weighted by Crippen LogP contribution is -2.53. The molecule has 0 unspecified atom stereocenters. The number of rotatable bonds is 25. The van der Waals surface area contributed by atoms with Crippen molar-refractivity contribution in [1.29, 1.82) is 0 Å². The second-order valence-electron chi connectivity index (χ2n) is 13.8. The number of carbonyl (C=O) groups excluding carboxylic acids is 5. The van der Waals surface area contributed by atoms with Crippen molar-refractivity contribution in [1.82, 2.24) is 16.0 Å². The van der Waals surface area contributed by atoms with E-state index in [0.717, 1.165) is 0 Å². The zero-order valence-electron chi connectivity index (χ0n) is 31.7. The molecule has 0 fully saturated rings. The van der Waals surface area contributed by atoms with Crippen molar-refractivity contribution in [3.8, 4) is 0 Å². The van der Waals surface area contributed by atoms with Gasteiger partial charge in [-0.15, -0.1) is 0 Å². The Morgan fingerprint density at radius 1 is 0.792 bits per heavy atom. The van der Waals surface area contributed by atoms with E-state index < -0.39 is 59.5 Å². The number of nitrogens with zero attached hydrogens (tertiary/aromatic N) is 3. The third kappa shape index (κ3) is 24.4. The van der Waals surface area contributed by atoms with Gasteiger partial charge in [0.1, 0.15) is 23.3 Å². The Morgan fingerprint density at radius 2 is 1.40 bits per heavy atom. The highest BCUT2D eigenvalue weighted by atomic mass is 16.6. The van der Waals surface area contributed by atoms with Crippen molar-refractivity contribution in [3.05, 3.63) is 40.3 Å². The molecule has 5 N–H and O–H groups in total. The van der Waals surface area contributed by atoms with Crippen LogP contribution in [-0.4, -0.2) is 111 Å². The van der Waals surface area contributed by atoms with Crippen LogP contribution in [0.15, 0.2) is 29.4 Å². The van der Waals surface area contributed by atoms with Gasteiger partial charge in [-0.25, -0.2) is 4.79 Å². The largest absolute Gasteiger partial charge is 0.460 e. The second-order valence-corrected chi connectivity index (χ2v) is 13.8. The van der Waals surface area contributed by atoms with Crippen LogP contribution in [0.5, 0.6) is 0 Å². The molecule has 0 aliphatic carbocycles. The number of aliphatic hydroxyl groups excluding tert-OH is 1. The molecule has 4 amide bonds. The molecule has 0 saturated carbocycles. The van der Waals surface area contributed by atoms with Crippen molar-refractivity contribution in [2.75, 3.05) is 58.0 Å². The Kier molecular flexibility index (Phi) is 22.4. The van der Waals surface area contributed by atoms with Crippen LogP contribution in [0.3, 0.4) is 0 Å². The number of hydrogen-bond acceptors (Lipinski definition) is 12. The van der Waals surface area contributed by atoms with Gasteiger partial charge in [0.15, 0.2) is 0 Å². The molecular formula is C35H57N7O11. The molecule has 0 radical (unpaired) electrons. The third-order valence-corrected chi connectivity index (χ3v) is 6.68. The summed E-state index contributed by atoms with van der Waals surface area (Å²) in [5.74, 6) is -2.60. The quantitative estimate of drug-likeness (QED) is 0.0319. The van der Waals surface area contributed by atoms with Crippen LogP contribution in [0.4, 0.5) is 10.5 Å². The number of nitrogens with one attached hydrogen (secondary N) is 4. The average molecular weight is 752 g/mol. The Hall–Kier alpha value is -4.48. The predicted molar refractivity (Wildman–Crippen MR) is 194 cm³/mol. The first-order chi connectivity index (χ1) is 25.0. The van der Waals surface area contributed by atoms with E-state index in [1.807, 2.05) is 0 Å². The summed E-state index contributed by atoms with van der Waals surface area (Å²) in [5, 5.41) is 23.3. The molecule has 1 aromatic rings. The molecule has 0 bridgehead atoms. The van der Waals surface area contributed by atoms with Crippen LogP contribution in [0.1, 0.15) is 79.2 Å². The number of anilines is 1. The number of ether oxygens (including phenoxy) is 5. The lowest BCUT2D eigenvalue weighted by Gasteiger charge is -2.25. The SMILES string of the molecule is CC(C)(C)OC(=O)C[C@H](NC(=O)[C@H](CCCCNC(=O)OC(C)(C)C)NC(=O)CCOCCOCCOCCN=[N+]=[N-])C(=O)Nc1ccc(CO)cc1. The smallest absolute Gasteiger partial charge is 0.407 e. The van der Waals surface area contributed by atoms with Crippen molar-refractivity contribution >= 4 is 35.5 Å². The molecule has 53 heavy (non-hydrogen) atoms. The lowest BCUT2D eigenvalue weighted by atomic mass is 10.1. The standard InChI is InChI=1S/C35H57N7O11/c1-34(2,3)52-30(45)23-28(32(47)39-26-12-10-25(24-43)11-13-26)41-31(46)27(9-7-8-15-37-33(48)53-35(4,5)6)40-29(44)14-17-49-19-21-51-22-20-50-18-16-38-42-36/h10-13,27-28,43H,7-9,14-24H2,1-6H3,(H,37,48)(H,39,47)(H,40,44)(H,41,46)/t27-,28-/m0/s1. The maximum atomic E-state index is 13.6. The lowest BCUT2D eigenvalue weighted by molar-refractivity contribution is -0.156. The number of alkyl carbamates (subject to hydrolysis) is 1. The van der Waals surface area contributed by atoms with Crippen LogP contribution in [0, 0.1) is 0 Å². The molecule has 0 aliphatic rings. The summed E-state index contributed by atoms with van der Waals surface area (Å²) < 4.78 is 26.7. The summed E-state index contributed by atoms with van der Waals surface area (Å²) in [4.78, 5) is 67.3. The number of amides is 4. The zero-order chi connectivity index (χ0) is 39.7. The second kappa shape index (κ2) is 25.5. The molecule has 0 saturated heterocycles. The first-order valence-electron chi connectivity index (χ1n) is 17.6. The van der Waals surface area contributed by atoms with Gasteiger partial charge in [-0.3, -0.25) is 19.2 Å². The Labute approximate surface area is 311 Å². The van der Waals surface area contributed by atoms with Crippen LogP contribution in [0.25, 0.3) is 10.4 Å². The van der Waals surface area contributed by atoms with Crippen molar-refractivity contribution in [2.24, 2.45) is 5.11 Å². The van der Waals surface area contributed by atoms with Crippen LogP contribution >= 0.6 is 0 Å². The number of esters is 1. The first-order valence-corrected chi connectivity index (χ1v) is 17.6.